The van der Waals surface area contributed by atoms with Crippen LogP contribution < -0.4 is 10.5 Å². The van der Waals surface area contributed by atoms with Crippen LogP contribution in [0.25, 0.3) is 22.2 Å². The second-order valence-corrected chi connectivity index (χ2v) is 9.71. The number of hydrogen-bond acceptors (Lipinski definition) is 6. The third-order valence-corrected chi connectivity index (χ3v) is 7.46. The molecular formula is C24H24N6O3S. The van der Waals surface area contributed by atoms with E-state index in [9.17, 15) is 14.3 Å². The molecule has 2 heterocycles. The smallest absolute Gasteiger partial charge is 0.269 e. The molecule has 3 N–H and O–H groups in total. The number of nitrogens with zero attached hydrogens (tertiary/aromatic N) is 4. The van der Waals surface area contributed by atoms with Crippen LogP contribution in [0.1, 0.15) is 37.3 Å². The van der Waals surface area contributed by atoms with Gasteiger partial charge in [0.2, 0.25) is 0 Å². The fraction of sp³-hybridized carbons (Fsp3) is 0.250. The molecule has 0 aliphatic heterocycles. The van der Waals surface area contributed by atoms with Crippen LogP contribution in [0.4, 0.5) is 17.2 Å². The minimum absolute atomic E-state index is 0.0405. The molecule has 34 heavy (non-hydrogen) atoms. The van der Waals surface area contributed by atoms with E-state index in [-0.39, 0.29) is 5.69 Å². The summed E-state index contributed by atoms with van der Waals surface area (Å²) in [6.45, 7) is 1.94. The van der Waals surface area contributed by atoms with Gasteiger partial charge in [-0.15, -0.1) is 0 Å². The van der Waals surface area contributed by atoms with Crippen molar-refractivity contribution in [2.24, 2.45) is 0 Å². The molecular weight excluding hydrogens is 452 g/mol. The average Bonchev–Trinajstić information content (AvgIpc) is 3.49. The Bertz CT molecular complexity index is 1410. The Morgan fingerprint density at radius 1 is 1.15 bits per heavy atom. The summed E-state index contributed by atoms with van der Waals surface area (Å²) in [5.74, 6) is 0.455. The van der Waals surface area contributed by atoms with Crippen LogP contribution in [-0.4, -0.2) is 23.7 Å². The van der Waals surface area contributed by atoms with E-state index in [1.54, 1.807) is 0 Å². The fourth-order valence-electron chi connectivity index (χ4n) is 4.58. The number of hydrogen-bond donors (Lipinski definition) is 2. The molecule has 0 spiro atoms. The van der Waals surface area contributed by atoms with E-state index in [1.807, 2.05) is 25.1 Å². The average molecular weight is 477 g/mol. The maximum absolute atomic E-state index is 12.8. The third kappa shape index (κ3) is 4.01. The summed E-state index contributed by atoms with van der Waals surface area (Å²) in [7, 11) is -1.56. The van der Waals surface area contributed by atoms with Crippen molar-refractivity contribution in [1.82, 2.24) is 14.5 Å². The first-order valence-electron chi connectivity index (χ1n) is 11.1. The highest BCUT2D eigenvalue weighted by Crippen LogP contribution is 2.39. The van der Waals surface area contributed by atoms with Gasteiger partial charge in [-0.2, -0.15) is 0 Å². The Morgan fingerprint density at radius 3 is 2.56 bits per heavy atom. The highest BCUT2D eigenvalue weighted by molar-refractivity contribution is 7.86. The summed E-state index contributed by atoms with van der Waals surface area (Å²) in [6, 6.07) is 12.0. The standard InChI is InChI=1S/C24H24N6O3S/c1-15-12-16(6-11-21(15)28-34(33)19-9-7-18(8-10-19)30(31)32)20-13-29(17-4-2-3-5-17)24-22(20)23(25)26-14-27-24/h6-14,17,28H,2-5H2,1H3,(H2,25,26,27). The Kier molecular flexibility index (Phi) is 5.74. The molecule has 1 saturated carbocycles. The highest BCUT2D eigenvalue weighted by atomic mass is 32.2. The normalized spacial score (nSPS) is 15.0. The first-order chi connectivity index (χ1) is 16.4. The number of aryl methyl sites for hydroxylation is 1. The molecule has 4 aromatic rings. The molecule has 1 atom stereocenters. The number of nitrogen functional groups attached to an aromatic ring is 1. The number of nitro groups is 1. The Hall–Kier alpha value is -3.79. The van der Waals surface area contributed by atoms with E-state index < -0.39 is 15.9 Å². The van der Waals surface area contributed by atoms with Gasteiger partial charge in [0, 0.05) is 35.6 Å². The van der Waals surface area contributed by atoms with Gasteiger partial charge < -0.3 is 15.0 Å². The number of nitrogens with one attached hydrogen (secondary N) is 1. The van der Waals surface area contributed by atoms with Gasteiger partial charge in [0.05, 0.1) is 15.2 Å². The van der Waals surface area contributed by atoms with Crippen LogP contribution in [0.3, 0.4) is 0 Å². The zero-order valence-electron chi connectivity index (χ0n) is 18.6. The van der Waals surface area contributed by atoms with Crippen molar-refractivity contribution >= 4 is 39.2 Å². The minimum atomic E-state index is -1.56. The quantitative estimate of drug-likeness (QED) is 0.293. The number of rotatable bonds is 6. The van der Waals surface area contributed by atoms with Crippen LogP contribution in [0, 0.1) is 17.0 Å². The molecule has 1 aliphatic rings. The molecule has 2 aromatic carbocycles. The fourth-order valence-corrected chi connectivity index (χ4v) is 5.51. The Morgan fingerprint density at radius 2 is 1.88 bits per heavy atom. The lowest BCUT2D eigenvalue weighted by molar-refractivity contribution is -0.384. The van der Waals surface area contributed by atoms with E-state index >= 15 is 0 Å². The molecule has 9 nitrogen and oxygen atoms in total. The molecule has 5 rings (SSSR count). The first-order valence-corrected chi connectivity index (χ1v) is 12.2. The molecule has 1 unspecified atom stereocenters. The number of aromatic nitrogens is 3. The predicted octanol–water partition coefficient (Wildman–Crippen LogP) is 5.15. The van der Waals surface area contributed by atoms with Gasteiger partial charge in [0.25, 0.3) is 5.69 Å². The monoisotopic (exact) mass is 476 g/mol. The second-order valence-electron chi connectivity index (χ2n) is 8.50. The van der Waals surface area contributed by atoms with Gasteiger partial charge in [-0.05, 0) is 55.2 Å². The summed E-state index contributed by atoms with van der Waals surface area (Å²) in [4.78, 5) is 19.6. The van der Waals surface area contributed by atoms with Gasteiger partial charge in [0.15, 0.2) is 0 Å². The maximum Gasteiger partial charge on any atom is 0.269 e. The Labute approximate surface area is 198 Å². The molecule has 0 bridgehead atoms. The van der Waals surface area contributed by atoms with Crippen LogP contribution in [-0.2, 0) is 11.0 Å². The molecule has 0 radical (unpaired) electrons. The number of fused-ring (bicyclic) bond motifs is 1. The van der Waals surface area contributed by atoms with Crippen molar-refractivity contribution in [3.8, 4) is 11.1 Å². The van der Waals surface area contributed by atoms with Crippen LogP contribution in [0.2, 0.25) is 0 Å². The van der Waals surface area contributed by atoms with Crippen molar-refractivity contribution in [3.05, 3.63) is 70.7 Å². The lowest BCUT2D eigenvalue weighted by atomic mass is 10.0. The number of nitro benzene ring substituents is 1. The maximum atomic E-state index is 12.8. The minimum Gasteiger partial charge on any atom is -0.383 e. The van der Waals surface area contributed by atoms with E-state index in [0.717, 1.165) is 40.6 Å². The number of non-ortho nitro benzene ring substituents is 1. The molecule has 1 aliphatic carbocycles. The van der Waals surface area contributed by atoms with Crippen LogP contribution >= 0.6 is 0 Å². The van der Waals surface area contributed by atoms with Gasteiger partial charge in [-0.25, -0.2) is 14.2 Å². The van der Waals surface area contributed by atoms with Crippen molar-refractivity contribution in [1.29, 1.82) is 0 Å². The van der Waals surface area contributed by atoms with E-state index in [1.165, 1.54) is 43.4 Å². The Balaban J connectivity index is 1.46. The van der Waals surface area contributed by atoms with Gasteiger partial charge in [-0.3, -0.25) is 10.1 Å². The second kappa shape index (κ2) is 8.86. The van der Waals surface area contributed by atoms with Crippen molar-refractivity contribution in [3.63, 3.8) is 0 Å². The van der Waals surface area contributed by atoms with E-state index in [2.05, 4.69) is 25.5 Å². The molecule has 10 heteroatoms. The zero-order chi connectivity index (χ0) is 23.8. The molecule has 0 saturated heterocycles. The van der Waals surface area contributed by atoms with Gasteiger partial charge in [0.1, 0.15) is 28.8 Å². The third-order valence-electron chi connectivity index (χ3n) is 6.36. The van der Waals surface area contributed by atoms with Crippen molar-refractivity contribution in [2.75, 3.05) is 10.5 Å². The largest absolute Gasteiger partial charge is 0.383 e. The molecule has 174 valence electrons. The number of nitrogens with two attached hydrogens (primary N) is 1. The van der Waals surface area contributed by atoms with Crippen LogP contribution in [0.5, 0.6) is 0 Å². The molecule has 0 amide bonds. The highest BCUT2D eigenvalue weighted by Gasteiger charge is 2.23. The number of anilines is 2. The van der Waals surface area contributed by atoms with Gasteiger partial charge in [-0.1, -0.05) is 18.9 Å². The summed E-state index contributed by atoms with van der Waals surface area (Å²) in [5.41, 5.74) is 10.7. The molecule has 2 aromatic heterocycles. The summed E-state index contributed by atoms with van der Waals surface area (Å²) in [5, 5.41) is 11.7. The lowest BCUT2D eigenvalue weighted by Gasteiger charge is -2.12. The first kappa shape index (κ1) is 22.0. The summed E-state index contributed by atoms with van der Waals surface area (Å²) in [6.07, 6.45) is 8.32. The zero-order valence-corrected chi connectivity index (χ0v) is 19.4. The lowest BCUT2D eigenvalue weighted by Crippen LogP contribution is -2.06. The van der Waals surface area contributed by atoms with E-state index in [4.69, 9.17) is 5.73 Å². The van der Waals surface area contributed by atoms with Crippen LogP contribution in [0.15, 0.2) is 59.9 Å². The SMILES string of the molecule is Cc1cc(-c2cn(C3CCCC3)c3ncnc(N)c23)ccc1NS(=O)c1ccc([N+](=O)[O-])cc1. The summed E-state index contributed by atoms with van der Waals surface area (Å²) < 4.78 is 18.0. The molecule has 1 fully saturated rings. The van der Waals surface area contributed by atoms with E-state index in [0.29, 0.717) is 22.4 Å². The van der Waals surface area contributed by atoms with Crippen molar-refractivity contribution < 1.29 is 9.13 Å². The predicted molar refractivity (Wildman–Crippen MR) is 133 cm³/mol. The topological polar surface area (TPSA) is 129 Å². The number of benzene rings is 2. The van der Waals surface area contributed by atoms with Crippen molar-refractivity contribution in [2.45, 2.75) is 43.5 Å². The van der Waals surface area contributed by atoms with Gasteiger partial charge >= 0.3 is 0 Å². The summed E-state index contributed by atoms with van der Waals surface area (Å²) >= 11 is 0.